The van der Waals surface area contributed by atoms with Crippen LogP contribution in [0.25, 0.3) is 10.9 Å². The van der Waals surface area contributed by atoms with E-state index in [1.54, 1.807) is 26.8 Å². The third-order valence-corrected chi connectivity index (χ3v) is 10.1. The molecule has 1 saturated carbocycles. The van der Waals surface area contributed by atoms with Crippen LogP contribution in [0.2, 0.25) is 0 Å². The van der Waals surface area contributed by atoms with Crippen LogP contribution in [0.5, 0.6) is 11.5 Å². The van der Waals surface area contributed by atoms with E-state index in [4.69, 9.17) is 14.2 Å². The summed E-state index contributed by atoms with van der Waals surface area (Å²) in [5.41, 5.74) is -5.88. The fraction of sp³-hybridized carbons (Fsp3) is 0.583. The van der Waals surface area contributed by atoms with Crippen LogP contribution < -0.4 is 20.1 Å². The molecule has 2 aromatic rings. The number of carbonyl (C=O) groups excluding carboxylic acids is 3. The third-order valence-electron chi connectivity index (χ3n) is 10.1. The van der Waals surface area contributed by atoms with Crippen LogP contribution in [0.15, 0.2) is 30.4 Å². The fourth-order valence-electron chi connectivity index (χ4n) is 7.57. The number of methoxy groups -OCH3 is 1. The van der Waals surface area contributed by atoms with Gasteiger partial charge in [0.25, 0.3) is 0 Å². The molecule has 4 heterocycles. The molecule has 4 N–H and O–H groups in total. The summed E-state index contributed by atoms with van der Waals surface area (Å²) >= 11 is 0. The molecule has 1 spiro atoms. The molecule has 16 heteroatoms. The number of hydrogen-bond acceptors (Lipinski definition) is 9. The van der Waals surface area contributed by atoms with Gasteiger partial charge in [-0.3, -0.25) is 9.59 Å². The van der Waals surface area contributed by atoms with Gasteiger partial charge in [0.15, 0.2) is 11.4 Å². The highest BCUT2D eigenvalue weighted by Crippen LogP contribution is 2.52. The van der Waals surface area contributed by atoms with Crippen molar-refractivity contribution in [1.82, 2.24) is 20.5 Å². The van der Waals surface area contributed by atoms with Crippen LogP contribution in [0.1, 0.15) is 89.5 Å². The van der Waals surface area contributed by atoms with Crippen molar-refractivity contribution in [2.45, 2.75) is 113 Å². The van der Waals surface area contributed by atoms with Crippen LogP contribution in [0.4, 0.5) is 18.0 Å². The van der Waals surface area contributed by atoms with Gasteiger partial charge in [0, 0.05) is 29.7 Å². The topological polar surface area (TPSA) is 177 Å². The van der Waals surface area contributed by atoms with Crippen molar-refractivity contribution in [3.8, 4) is 11.5 Å². The molecule has 0 bridgehead atoms. The number of rotatable bonds is 3. The van der Waals surface area contributed by atoms with Crippen LogP contribution in [-0.2, 0) is 25.3 Å². The molecule has 52 heavy (non-hydrogen) atoms. The molecular formula is C36H43F3N4O9. The average molecular weight is 733 g/mol. The number of hydrogen-bond donors (Lipinski definition) is 4. The molecule has 6 rings (SSSR count). The van der Waals surface area contributed by atoms with Gasteiger partial charge in [-0.05, 0) is 64.7 Å². The Kier molecular flexibility index (Phi) is 9.60. The average Bonchev–Trinajstić information content (AvgIpc) is 3.63. The predicted molar refractivity (Wildman–Crippen MR) is 178 cm³/mol. The summed E-state index contributed by atoms with van der Waals surface area (Å²) < 4.78 is 60.7. The van der Waals surface area contributed by atoms with Gasteiger partial charge in [0.05, 0.1) is 25.3 Å². The molecule has 13 nitrogen and oxygen atoms in total. The summed E-state index contributed by atoms with van der Waals surface area (Å²) in [5.74, 6) is -3.78. The largest absolute Gasteiger partial charge is 0.497 e. The number of amides is 3. The molecule has 1 aromatic heterocycles. The van der Waals surface area contributed by atoms with Crippen molar-refractivity contribution in [2.75, 3.05) is 13.7 Å². The Morgan fingerprint density at radius 2 is 1.87 bits per heavy atom. The lowest BCUT2D eigenvalue weighted by atomic mass is 9.85. The lowest BCUT2D eigenvalue weighted by Gasteiger charge is -2.39. The fourth-order valence-corrected chi connectivity index (χ4v) is 7.57. The van der Waals surface area contributed by atoms with E-state index in [2.05, 4.69) is 15.6 Å². The second kappa shape index (κ2) is 13.4. The number of carboxylic acid groups (broad SMARTS) is 1. The number of carboxylic acids is 1. The van der Waals surface area contributed by atoms with Gasteiger partial charge in [-0.2, -0.15) is 13.2 Å². The molecule has 1 aromatic carbocycles. The number of pyridine rings is 1. The number of aliphatic hydroxyl groups excluding tert-OH is 1. The number of allylic oxidation sites excluding steroid dienone is 1. The summed E-state index contributed by atoms with van der Waals surface area (Å²) in [7, 11) is 1.38. The summed E-state index contributed by atoms with van der Waals surface area (Å²) in [6, 6.07) is 1.59. The zero-order valence-corrected chi connectivity index (χ0v) is 29.3. The van der Waals surface area contributed by atoms with Crippen LogP contribution in [-0.4, -0.2) is 86.5 Å². The minimum Gasteiger partial charge on any atom is -0.497 e. The maximum Gasteiger partial charge on any atom is 0.437 e. The van der Waals surface area contributed by atoms with E-state index in [1.165, 1.54) is 25.3 Å². The number of nitrogens with one attached hydrogen (secondary N) is 2. The zero-order chi connectivity index (χ0) is 37.8. The molecule has 2 fully saturated rings. The first kappa shape index (κ1) is 37.2. The van der Waals surface area contributed by atoms with Crippen molar-refractivity contribution in [3.05, 3.63) is 41.6 Å². The van der Waals surface area contributed by atoms with Crippen LogP contribution in [0, 0.1) is 5.92 Å². The number of benzene rings is 1. The molecule has 6 atom stereocenters. The zero-order valence-electron chi connectivity index (χ0n) is 29.3. The molecule has 4 aliphatic rings. The number of nitrogens with zero attached hydrogens (tertiary/aromatic N) is 2. The molecule has 3 amide bonds. The molecule has 282 valence electrons. The van der Waals surface area contributed by atoms with Crippen LogP contribution in [0.3, 0.4) is 0 Å². The number of carbonyl (C=O) groups is 4. The normalized spacial score (nSPS) is 29.5. The van der Waals surface area contributed by atoms with E-state index in [0.717, 1.165) is 11.3 Å². The van der Waals surface area contributed by atoms with Crippen molar-refractivity contribution >= 4 is 34.8 Å². The van der Waals surface area contributed by atoms with Crippen molar-refractivity contribution < 1.29 is 56.8 Å². The van der Waals surface area contributed by atoms with Gasteiger partial charge >= 0.3 is 18.2 Å². The second-order valence-corrected chi connectivity index (χ2v) is 15.1. The Labute approximate surface area is 297 Å². The first-order chi connectivity index (χ1) is 24.4. The van der Waals surface area contributed by atoms with Crippen molar-refractivity contribution in [2.24, 2.45) is 5.92 Å². The lowest BCUT2D eigenvalue weighted by molar-refractivity contribution is -0.146. The number of alkyl carbamates (subject to hydrolysis) is 1. The lowest BCUT2D eigenvalue weighted by Crippen LogP contribution is -2.56. The van der Waals surface area contributed by atoms with E-state index in [0.29, 0.717) is 25.0 Å². The second-order valence-electron chi connectivity index (χ2n) is 15.1. The Morgan fingerprint density at radius 1 is 1.12 bits per heavy atom. The number of halogens is 3. The summed E-state index contributed by atoms with van der Waals surface area (Å²) in [6.07, 6.45) is -1.74. The molecule has 1 unspecified atom stereocenters. The molecule has 0 radical (unpaired) electrons. The smallest absolute Gasteiger partial charge is 0.437 e. The van der Waals surface area contributed by atoms with E-state index in [9.17, 15) is 42.6 Å². The number of fused-ring (bicyclic) bond motifs is 5. The molecular weight excluding hydrogens is 689 g/mol. The van der Waals surface area contributed by atoms with Gasteiger partial charge < -0.3 is 40.0 Å². The van der Waals surface area contributed by atoms with Crippen molar-refractivity contribution in [3.63, 3.8) is 0 Å². The Morgan fingerprint density at radius 3 is 2.54 bits per heavy atom. The number of alkyl halides is 3. The minimum atomic E-state index is -5.02. The number of ether oxygens (including phenoxy) is 3. The third kappa shape index (κ3) is 7.21. The molecule has 3 aliphatic heterocycles. The summed E-state index contributed by atoms with van der Waals surface area (Å²) in [6.45, 7) is 4.50. The van der Waals surface area contributed by atoms with E-state index < -0.39 is 88.9 Å². The standard InChI is InChI=1S/C36H43F3N4O9/c1-33(2,3)52-32(49)41-23-11-9-7-5-6-8-10-19-15-35(19,31(47)48)42-29(45)24-16-34(18-43(24)30(23)46)17-25(44)26-21-14-20(50-4)12-13-22(21)40-28(27(26)51-34)36(37,38)39/h8,10,12-14,19,23-25,44H,5-7,9,11,15-18H2,1-4H3,(H,41,49)(H,42,45)(H,47,48)/t19-,23+,24+,25?,34+,35-/m1/s1. The van der Waals surface area contributed by atoms with Crippen molar-refractivity contribution in [1.29, 1.82) is 0 Å². The number of aliphatic hydroxyl groups is 1. The molecule has 1 aliphatic carbocycles. The first-order valence-corrected chi connectivity index (χ1v) is 17.3. The minimum absolute atomic E-state index is 0.0535. The van der Waals surface area contributed by atoms with E-state index >= 15 is 0 Å². The Balaban J connectivity index is 1.42. The Bertz CT molecular complexity index is 1810. The van der Waals surface area contributed by atoms with Gasteiger partial charge in [0.2, 0.25) is 11.8 Å². The highest BCUT2D eigenvalue weighted by atomic mass is 19.4. The van der Waals surface area contributed by atoms with Gasteiger partial charge in [0.1, 0.15) is 34.6 Å². The van der Waals surface area contributed by atoms with E-state index in [-0.39, 0.29) is 42.1 Å². The van der Waals surface area contributed by atoms with Gasteiger partial charge in [-0.15, -0.1) is 0 Å². The summed E-state index contributed by atoms with van der Waals surface area (Å²) in [5, 5.41) is 27.2. The summed E-state index contributed by atoms with van der Waals surface area (Å²) in [4.78, 5) is 59.0. The number of aromatic nitrogens is 1. The van der Waals surface area contributed by atoms with Crippen LogP contribution >= 0.6 is 0 Å². The SMILES string of the molecule is COc1ccc2nc(C(F)(F)F)c3c(c2c1)C(O)C[C@]1(C[C@H]2C(=O)N[C@]4(C(=O)O)C[C@H]4C=CCCCCC[C@H](NC(=O)OC(C)(C)C)C(=O)N2C1)O3. The Hall–Kier alpha value is -4.60. The highest BCUT2D eigenvalue weighted by molar-refractivity contribution is 5.96. The molecule has 1 saturated heterocycles. The first-order valence-electron chi connectivity index (χ1n) is 17.3. The van der Waals surface area contributed by atoms with Gasteiger partial charge in [-0.1, -0.05) is 25.0 Å². The maximum absolute atomic E-state index is 14.6. The van der Waals surface area contributed by atoms with E-state index in [1.807, 2.05) is 6.08 Å². The highest BCUT2D eigenvalue weighted by Gasteiger charge is 2.63. The predicted octanol–water partition coefficient (Wildman–Crippen LogP) is 4.79. The van der Waals surface area contributed by atoms with Gasteiger partial charge in [-0.25, -0.2) is 14.6 Å². The monoisotopic (exact) mass is 732 g/mol. The number of aliphatic carboxylic acids is 1. The quantitative estimate of drug-likeness (QED) is 0.321. The maximum atomic E-state index is 14.6.